The average molecular weight is 452 g/mol. The number of benzene rings is 2. The average Bonchev–Trinajstić information content (AvgIpc) is 3.58. The first-order valence-electron chi connectivity index (χ1n) is 10.1. The predicted octanol–water partition coefficient (Wildman–Crippen LogP) is 3.19. The van der Waals surface area contributed by atoms with Crippen LogP contribution in [0.4, 0.5) is 5.13 Å². The summed E-state index contributed by atoms with van der Waals surface area (Å²) in [6.07, 6.45) is 1.34. The molecule has 3 aromatic rings. The maximum atomic E-state index is 13.1. The van der Waals surface area contributed by atoms with Gasteiger partial charge in [-0.3, -0.25) is 14.9 Å². The Kier molecular flexibility index (Phi) is 5.36. The number of amides is 2. The van der Waals surface area contributed by atoms with Crippen molar-refractivity contribution < 1.29 is 23.8 Å². The zero-order valence-corrected chi connectivity index (χ0v) is 18.1. The van der Waals surface area contributed by atoms with Crippen molar-refractivity contribution in [1.29, 1.82) is 0 Å². The zero-order chi connectivity index (χ0) is 22.1. The molecule has 2 aromatic carbocycles. The number of ether oxygens (including phenoxy) is 3. The third-order valence-corrected chi connectivity index (χ3v) is 6.32. The summed E-state index contributed by atoms with van der Waals surface area (Å²) in [5.41, 5.74) is 1.34. The predicted molar refractivity (Wildman–Crippen MR) is 117 cm³/mol. The maximum Gasteiger partial charge on any atom is 0.254 e. The third-order valence-electron chi connectivity index (χ3n) is 5.43. The largest absolute Gasteiger partial charge is 0.497 e. The molecule has 9 nitrogen and oxygen atoms in total. The van der Waals surface area contributed by atoms with Crippen LogP contribution >= 0.6 is 11.3 Å². The molecule has 2 aliphatic rings. The van der Waals surface area contributed by atoms with E-state index in [-0.39, 0.29) is 18.6 Å². The highest BCUT2D eigenvalue weighted by atomic mass is 32.1. The van der Waals surface area contributed by atoms with E-state index in [2.05, 4.69) is 15.5 Å². The number of rotatable bonds is 5. The van der Waals surface area contributed by atoms with Crippen LogP contribution in [0.25, 0.3) is 10.6 Å². The fourth-order valence-electron chi connectivity index (χ4n) is 3.79. The second-order valence-electron chi connectivity index (χ2n) is 7.35. The van der Waals surface area contributed by atoms with E-state index in [9.17, 15) is 9.59 Å². The van der Waals surface area contributed by atoms with Crippen molar-refractivity contribution in [2.24, 2.45) is 0 Å². The molecule has 164 valence electrons. The molecule has 0 aliphatic carbocycles. The number of nitrogens with zero attached hydrogens (tertiary/aromatic N) is 3. The minimum absolute atomic E-state index is 0.141. The smallest absolute Gasteiger partial charge is 0.254 e. The van der Waals surface area contributed by atoms with E-state index in [1.165, 1.54) is 11.3 Å². The van der Waals surface area contributed by atoms with Gasteiger partial charge in [-0.15, -0.1) is 10.2 Å². The van der Waals surface area contributed by atoms with Crippen molar-refractivity contribution >= 4 is 28.3 Å². The molecule has 1 aromatic heterocycles. The van der Waals surface area contributed by atoms with Crippen LogP contribution in [0.2, 0.25) is 0 Å². The molecule has 1 saturated heterocycles. The second kappa shape index (κ2) is 8.46. The molecule has 3 heterocycles. The Morgan fingerprint density at radius 2 is 1.94 bits per heavy atom. The lowest BCUT2D eigenvalue weighted by Gasteiger charge is -2.23. The van der Waals surface area contributed by atoms with E-state index in [1.807, 2.05) is 24.3 Å². The van der Waals surface area contributed by atoms with Crippen molar-refractivity contribution in [2.75, 3.05) is 25.8 Å². The van der Waals surface area contributed by atoms with Crippen LogP contribution < -0.4 is 19.5 Å². The number of carbonyl (C=O) groups excluding carboxylic acids is 2. The van der Waals surface area contributed by atoms with Crippen molar-refractivity contribution in [3.8, 4) is 27.8 Å². The van der Waals surface area contributed by atoms with Crippen molar-refractivity contribution in [3.05, 3.63) is 48.0 Å². The Morgan fingerprint density at radius 1 is 1.12 bits per heavy atom. The van der Waals surface area contributed by atoms with Crippen LogP contribution in [-0.2, 0) is 4.79 Å². The number of aromatic nitrogens is 2. The van der Waals surface area contributed by atoms with Gasteiger partial charge in [0, 0.05) is 17.7 Å². The molecule has 0 saturated carbocycles. The van der Waals surface area contributed by atoms with Crippen LogP contribution in [0.5, 0.6) is 17.2 Å². The molecular weight excluding hydrogens is 432 g/mol. The Labute approximate surface area is 187 Å². The highest BCUT2D eigenvalue weighted by Crippen LogP contribution is 2.34. The highest BCUT2D eigenvalue weighted by molar-refractivity contribution is 7.18. The first-order valence-corrected chi connectivity index (χ1v) is 10.9. The maximum absolute atomic E-state index is 13.1. The number of anilines is 1. The quantitative estimate of drug-likeness (QED) is 0.634. The van der Waals surface area contributed by atoms with Gasteiger partial charge in [-0.25, -0.2) is 0 Å². The van der Waals surface area contributed by atoms with E-state index >= 15 is 0 Å². The zero-order valence-electron chi connectivity index (χ0n) is 17.2. The SMILES string of the molecule is COc1ccc(-c2nnc(NC(=O)C3CCCN3C(=O)c3ccc4c(c3)OCO4)s2)cc1. The first kappa shape index (κ1) is 20.3. The van der Waals surface area contributed by atoms with E-state index in [1.54, 1.807) is 30.2 Å². The standard InChI is InChI=1S/C22H20N4O5S/c1-29-15-7-4-13(5-8-15)20-24-25-22(32-20)23-19(27)16-3-2-10-26(16)21(28)14-6-9-17-18(11-14)31-12-30-17/h4-9,11,16H,2-3,10,12H2,1H3,(H,23,25,27). The van der Waals surface area contributed by atoms with E-state index < -0.39 is 6.04 Å². The first-order chi connectivity index (χ1) is 15.6. The second-order valence-corrected chi connectivity index (χ2v) is 8.33. The van der Waals surface area contributed by atoms with Crippen LogP contribution in [0.15, 0.2) is 42.5 Å². The van der Waals surface area contributed by atoms with Gasteiger partial charge in [0.25, 0.3) is 5.91 Å². The summed E-state index contributed by atoms with van der Waals surface area (Å²) in [5, 5.41) is 12.1. The Bertz CT molecular complexity index is 1160. The molecule has 1 atom stereocenters. The minimum atomic E-state index is -0.568. The van der Waals surface area contributed by atoms with Gasteiger partial charge in [0.1, 0.15) is 16.8 Å². The summed E-state index contributed by atoms with van der Waals surface area (Å²) in [6.45, 7) is 0.653. The molecule has 5 rings (SSSR count). The normalized spacial score (nSPS) is 16.8. The molecule has 32 heavy (non-hydrogen) atoms. The molecule has 2 amide bonds. The summed E-state index contributed by atoms with van der Waals surface area (Å²) >= 11 is 1.28. The number of likely N-dealkylation sites (tertiary alicyclic amines) is 1. The molecule has 0 bridgehead atoms. The number of hydrogen-bond donors (Lipinski definition) is 1. The molecular formula is C22H20N4O5S. The van der Waals surface area contributed by atoms with Crippen LogP contribution in [0.1, 0.15) is 23.2 Å². The molecule has 1 N–H and O–H groups in total. The number of carbonyl (C=O) groups is 2. The lowest BCUT2D eigenvalue weighted by molar-refractivity contribution is -0.119. The minimum Gasteiger partial charge on any atom is -0.497 e. The van der Waals surface area contributed by atoms with Crippen molar-refractivity contribution in [3.63, 3.8) is 0 Å². The lowest BCUT2D eigenvalue weighted by atomic mass is 10.1. The number of nitrogens with one attached hydrogen (secondary N) is 1. The van der Waals surface area contributed by atoms with Gasteiger partial charge in [-0.1, -0.05) is 11.3 Å². The summed E-state index contributed by atoms with van der Waals surface area (Å²) < 4.78 is 15.8. The third kappa shape index (κ3) is 3.84. The van der Waals surface area contributed by atoms with Crippen LogP contribution in [0, 0.1) is 0 Å². The summed E-state index contributed by atoms with van der Waals surface area (Å²) in [5.74, 6) is 1.42. The topological polar surface area (TPSA) is 103 Å². The van der Waals surface area contributed by atoms with Crippen molar-refractivity contribution in [1.82, 2.24) is 15.1 Å². The highest BCUT2D eigenvalue weighted by Gasteiger charge is 2.35. The van der Waals surface area contributed by atoms with E-state index in [0.717, 1.165) is 17.7 Å². The molecule has 0 radical (unpaired) electrons. The van der Waals surface area contributed by atoms with E-state index in [4.69, 9.17) is 14.2 Å². The Balaban J connectivity index is 1.28. The fraction of sp³-hybridized carbons (Fsp3) is 0.273. The van der Waals surface area contributed by atoms with E-state index in [0.29, 0.717) is 40.2 Å². The van der Waals surface area contributed by atoms with Gasteiger partial charge >= 0.3 is 0 Å². The fourth-order valence-corrected chi connectivity index (χ4v) is 4.54. The van der Waals surface area contributed by atoms with Gasteiger partial charge in [-0.05, 0) is 55.3 Å². The lowest BCUT2D eigenvalue weighted by Crippen LogP contribution is -2.43. The summed E-state index contributed by atoms with van der Waals surface area (Å²) in [4.78, 5) is 27.6. The molecule has 1 unspecified atom stereocenters. The van der Waals surface area contributed by atoms with Crippen LogP contribution in [0.3, 0.4) is 0 Å². The van der Waals surface area contributed by atoms with Crippen LogP contribution in [-0.4, -0.2) is 53.4 Å². The molecule has 1 fully saturated rings. The Morgan fingerprint density at radius 3 is 2.75 bits per heavy atom. The number of methoxy groups -OCH3 is 1. The summed E-state index contributed by atoms with van der Waals surface area (Å²) in [7, 11) is 1.61. The molecule has 10 heteroatoms. The number of fused-ring (bicyclic) bond motifs is 1. The number of hydrogen-bond acceptors (Lipinski definition) is 8. The summed E-state index contributed by atoms with van der Waals surface area (Å²) in [6, 6.07) is 11.9. The Hall–Kier alpha value is -3.66. The van der Waals surface area contributed by atoms with Gasteiger partial charge in [0.05, 0.1) is 7.11 Å². The van der Waals surface area contributed by atoms with Gasteiger partial charge in [0.15, 0.2) is 11.5 Å². The monoisotopic (exact) mass is 452 g/mol. The van der Waals surface area contributed by atoms with Crippen molar-refractivity contribution in [2.45, 2.75) is 18.9 Å². The van der Waals surface area contributed by atoms with Gasteiger partial charge in [0.2, 0.25) is 17.8 Å². The van der Waals surface area contributed by atoms with Gasteiger partial charge in [-0.2, -0.15) is 0 Å². The molecule has 0 spiro atoms. The molecule has 2 aliphatic heterocycles. The van der Waals surface area contributed by atoms with Gasteiger partial charge < -0.3 is 19.1 Å².